The first-order valence-electron chi connectivity index (χ1n) is 5.42. The molecule has 3 aromatic rings. The standard InChI is InChI=1S/C13H9BrFN3/c14-10-1-2-12-13(4-10)18(8-17-12)7-9-3-11(15)6-16-5-9/h1-6,8H,7H2. The molecule has 0 saturated carbocycles. The zero-order valence-electron chi connectivity index (χ0n) is 9.35. The first-order chi connectivity index (χ1) is 8.72. The summed E-state index contributed by atoms with van der Waals surface area (Å²) in [5.41, 5.74) is 2.74. The number of rotatable bonds is 2. The van der Waals surface area contributed by atoms with Crippen molar-refractivity contribution >= 4 is 27.0 Å². The fourth-order valence-electron chi connectivity index (χ4n) is 1.89. The van der Waals surface area contributed by atoms with E-state index in [4.69, 9.17) is 0 Å². The molecule has 3 nitrogen and oxygen atoms in total. The Bertz CT molecular complexity index is 708. The Kier molecular flexibility index (Phi) is 2.83. The lowest BCUT2D eigenvalue weighted by atomic mass is 10.2. The number of hydrogen-bond donors (Lipinski definition) is 0. The Balaban J connectivity index is 2.02. The number of hydrogen-bond acceptors (Lipinski definition) is 2. The molecule has 0 unspecified atom stereocenters. The van der Waals surface area contributed by atoms with Crippen molar-refractivity contribution in [1.29, 1.82) is 0 Å². The molecule has 1 aromatic carbocycles. The average Bonchev–Trinajstić information content (AvgIpc) is 2.72. The number of fused-ring (bicyclic) bond motifs is 1. The van der Waals surface area contributed by atoms with Crippen molar-refractivity contribution in [2.75, 3.05) is 0 Å². The molecule has 0 spiro atoms. The molecule has 0 aliphatic rings. The molecule has 0 atom stereocenters. The van der Waals surface area contributed by atoms with Gasteiger partial charge in [0.2, 0.25) is 0 Å². The molecular weight excluding hydrogens is 297 g/mol. The van der Waals surface area contributed by atoms with Gasteiger partial charge in [-0.1, -0.05) is 15.9 Å². The van der Waals surface area contributed by atoms with E-state index in [1.54, 1.807) is 12.5 Å². The molecule has 0 fully saturated rings. The minimum atomic E-state index is -0.321. The number of aromatic nitrogens is 3. The summed E-state index contributed by atoms with van der Waals surface area (Å²) in [5, 5.41) is 0. The molecule has 0 saturated heterocycles. The molecule has 5 heteroatoms. The second-order valence-electron chi connectivity index (χ2n) is 4.02. The van der Waals surface area contributed by atoms with Gasteiger partial charge in [0, 0.05) is 10.7 Å². The Labute approximate surface area is 111 Å². The van der Waals surface area contributed by atoms with Gasteiger partial charge in [0.25, 0.3) is 0 Å². The Hall–Kier alpha value is -1.75. The van der Waals surface area contributed by atoms with Gasteiger partial charge in [-0.05, 0) is 29.8 Å². The van der Waals surface area contributed by atoms with Gasteiger partial charge in [-0.25, -0.2) is 9.37 Å². The van der Waals surface area contributed by atoms with Gasteiger partial charge in [0.15, 0.2) is 0 Å². The van der Waals surface area contributed by atoms with Gasteiger partial charge in [-0.3, -0.25) is 4.98 Å². The third kappa shape index (κ3) is 2.13. The van der Waals surface area contributed by atoms with Crippen LogP contribution in [0.2, 0.25) is 0 Å². The summed E-state index contributed by atoms with van der Waals surface area (Å²) in [7, 11) is 0. The summed E-state index contributed by atoms with van der Waals surface area (Å²) in [6, 6.07) is 7.37. The van der Waals surface area contributed by atoms with Crippen LogP contribution in [0.25, 0.3) is 11.0 Å². The maximum atomic E-state index is 13.1. The highest BCUT2D eigenvalue weighted by Gasteiger charge is 2.04. The van der Waals surface area contributed by atoms with Crippen LogP contribution in [0.5, 0.6) is 0 Å². The van der Waals surface area contributed by atoms with Gasteiger partial charge < -0.3 is 4.57 Å². The predicted molar refractivity (Wildman–Crippen MR) is 70.7 cm³/mol. The second kappa shape index (κ2) is 4.49. The molecule has 2 heterocycles. The largest absolute Gasteiger partial charge is 0.326 e. The fraction of sp³-hybridized carbons (Fsp3) is 0.0769. The number of benzene rings is 1. The van der Waals surface area contributed by atoms with Crippen molar-refractivity contribution in [2.24, 2.45) is 0 Å². The summed E-state index contributed by atoms with van der Waals surface area (Å²) in [4.78, 5) is 8.15. The molecule has 3 rings (SSSR count). The van der Waals surface area contributed by atoms with E-state index in [1.807, 2.05) is 22.8 Å². The molecule has 0 aliphatic carbocycles. The first-order valence-corrected chi connectivity index (χ1v) is 6.21. The van der Waals surface area contributed by atoms with Crippen LogP contribution in [-0.2, 0) is 6.54 Å². The number of imidazole rings is 1. The molecule has 2 aromatic heterocycles. The molecule has 18 heavy (non-hydrogen) atoms. The molecule has 0 N–H and O–H groups in total. The average molecular weight is 306 g/mol. The van der Waals surface area contributed by atoms with Crippen LogP contribution in [0.3, 0.4) is 0 Å². The fourth-order valence-corrected chi connectivity index (χ4v) is 2.24. The van der Waals surface area contributed by atoms with Crippen LogP contribution in [-0.4, -0.2) is 14.5 Å². The minimum absolute atomic E-state index is 0.321. The lowest BCUT2D eigenvalue weighted by molar-refractivity contribution is 0.616. The Morgan fingerprint density at radius 2 is 2.11 bits per heavy atom. The van der Waals surface area contributed by atoms with E-state index in [-0.39, 0.29) is 5.82 Å². The summed E-state index contributed by atoms with van der Waals surface area (Å²) >= 11 is 3.43. The maximum Gasteiger partial charge on any atom is 0.141 e. The predicted octanol–water partition coefficient (Wildman–Crippen LogP) is 3.38. The van der Waals surface area contributed by atoms with Gasteiger partial charge in [0.05, 0.1) is 30.1 Å². The van der Waals surface area contributed by atoms with E-state index in [1.165, 1.54) is 12.3 Å². The van der Waals surface area contributed by atoms with Crippen LogP contribution in [0.1, 0.15) is 5.56 Å². The summed E-state index contributed by atoms with van der Waals surface area (Å²) in [6.45, 7) is 0.553. The van der Waals surface area contributed by atoms with Crippen LogP contribution in [0.15, 0.2) is 47.5 Å². The van der Waals surface area contributed by atoms with Gasteiger partial charge in [-0.2, -0.15) is 0 Å². The molecule has 0 radical (unpaired) electrons. The molecular formula is C13H9BrFN3. The zero-order chi connectivity index (χ0) is 12.5. The van der Waals surface area contributed by atoms with E-state index < -0.39 is 0 Å². The lowest BCUT2D eigenvalue weighted by Gasteiger charge is -2.04. The molecule has 90 valence electrons. The van der Waals surface area contributed by atoms with Crippen molar-refractivity contribution < 1.29 is 4.39 Å². The van der Waals surface area contributed by atoms with E-state index in [2.05, 4.69) is 25.9 Å². The van der Waals surface area contributed by atoms with E-state index in [0.717, 1.165) is 21.1 Å². The third-order valence-corrected chi connectivity index (χ3v) is 3.19. The summed E-state index contributed by atoms with van der Waals surface area (Å²) in [5.74, 6) is -0.321. The van der Waals surface area contributed by atoms with Gasteiger partial charge in [-0.15, -0.1) is 0 Å². The van der Waals surface area contributed by atoms with E-state index in [0.29, 0.717) is 6.54 Å². The van der Waals surface area contributed by atoms with Crippen molar-refractivity contribution in [3.63, 3.8) is 0 Å². The zero-order valence-corrected chi connectivity index (χ0v) is 10.9. The van der Waals surface area contributed by atoms with Crippen molar-refractivity contribution in [1.82, 2.24) is 14.5 Å². The highest BCUT2D eigenvalue weighted by Crippen LogP contribution is 2.19. The van der Waals surface area contributed by atoms with Gasteiger partial charge >= 0.3 is 0 Å². The monoisotopic (exact) mass is 305 g/mol. The van der Waals surface area contributed by atoms with Crippen LogP contribution in [0.4, 0.5) is 4.39 Å². The lowest BCUT2D eigenvalue weighted by Crippen LogP contribution is -1.99. The normalized spacial score (nSPS) is 11.0. The highest BCUT2D eigenvalue weighted by atomic mass is 79.9. The van der Waals surface area contributed by atoms with Crippen LogP contribution >= 0.6 is 15.9 Å². The van der Waals surface area contributed by atoms with Crippen molar-refractivity contribution in [3.8, 4) is 0 Å². The second-order valence-corrected chi connectivity index (χ2v) is 4.93. The molecule has 0 amide bonds. The number of pyridine rings is 1. The van der Waals surface area contributed by atoms with Gasteiger partial charge in [0.1, 0.15) is 5.82 Å². The van der Waals surface area contributed by atoms with Crippen molar-refractivity contribution in [2.45, 2.75) is 6.54 Å². The summed E-state index contributed by atoms with van der Waals surface area (Å²) in [6.07, 6.45) is 4.61. The van der Waals surface area contributed by atoms with Crippen molar-refractivity contribution in [3.05, 3.63) is 58.8 Å². The van der Waals surface area contributed by atoms with Crippen LogP contribution in [0, 0.1) is 5.82 Å². The number of nitrogens with zero attached hydrogens (tertiary/aromatic N) is 3. The molecule has 0 bridgehead atoms. The SMILES string of the molecule is Fc1cncc(Cn2cnc3ccc(Br)cc32)c1. The number of halogens is 2. The minimum Gasteiger partial charge on any atom is -0.326 e. The smallest absolute Gasteiger partial charge is 0.141 e. The topological polar surface area (TPSA) is 30.7 Å². The first kappa shape index (κ1) is 11.3. The highest BCUT2D eigenvalue weighted by molar-refractivity contribution is 9.10. The summed E-state index contributed by atoms with van der Waals surface area (Å²) < 4.78 is 16.0. The van der Waals surface area contributed by atoms with E-state index in [9.17, 15) is 4.39 Å². The van der Waals surface area contributed by atoms with Crippen LogP contribution < -0.4 is 0 Å². The maximum absolute atomic E-state index is 13.1. The third-order valence-electron chi connectivity index (χ3n) is 2.70. The quantitative estimate of drug-likeness (QED) is 0.726. The van der Waals surface area contributed by atoms with E-state index >= 15 is 0 Å². The molecule has 0 aliphatic heterocycles. The Morgan fingerprint density at radius 3 is 2.94 bits per heavy atom. The Morgan fingerprint density at radius 1 is 1.22 bits per heavy atom.